The van der Waals surface area contributed by atoms with Crippen LogP contribution in [0, 0.1) is 26.7 Å². The van der Waals surface area contributed by atoms with Crippen LogP contribution in [0.25, 0.3) is 0 Å². The van der Waals surface area contributed by atoms with E-state index in [-0.39, 0.29) is 11.8 Å². The minimum Gasteiger partial charge on any atom is -0.341 e. The first kappa shape index (κ1) is 13.1. The highest BCUT2D eigenvalue weighted by molar-refractivity contribution is 5.80. The third-order valence-corrected chi connectivity index (χ3v) is 4.08. The fourth-order valence-corrected chi connectivity index (χ4v) is 2.29. The van der Waals surface area contributed by atoms with E-state index in [0.29, 0.717) is 6.54 Å². The fraction of sp³-hybridized carbons (Fsp3) is 0.533. The summed E-state index contributed by atoms with van der Waals surface area (Å²) >= 11 is 0. The van der Waals surface area contributed by atoms with E-state index in [1.165, 1.54) is 22.3 Å². The molecule has 0 aromatic heterocycles. The Balaban J connectivity index is 2.09. The number of aryl methyl sites for hydroxylation is 1. The molecule has 18 heavy (non-hydrogen) atoms. The third-order valence-electron chi connectivity index (χ3n) is 4.08. The van der Waals surface area contributed by atoms with Crippen molar-refractivity contribution in [2.45, 2.75) is 27.3 Å². The number of hydrogen-bond acceptors (Lipinski definition) is 2. The number of rotatable bonds is 3. The number of amides is 1. The predicted molar refractivity (Wildman–Crippen MR) is 73.5 cm³/mol. The summed E-state index contributed by atoms with van der Waals surface area (Å²) in [4.78, 5) is 13.9. The molecule has 0 atom stereocenters. The van der Waals surface area contributed by atoms with Crippen molar-refractivity contribution in [2.75, 3.05) is 20.1 Å². The van der Waals surface area contributed by atoms with E-state index in [1.807, 2.05) is 11.9 Å². The summed E-state index contributed by atoms with van der Waals surface area (Å²) in [6, 6.07) is 4.28. The van der Waals surface area contributed by atoms with Crippen molar-refractivity contribution >= 4 is 5.91 Å². The molecule has 1 amide bonds. The molecule has 1 aromatic rings. The van der Waals surface area contributed by atoms with Crippen LogP contribution in [0.3, 0.4) is 0 Å². The molecular weight excluding hydrogens is 224 g/mol. The lowest BCUT2D eigenvalue weighted by molar-refractivity contribution is -0.136. The molecule has 1 fully saturated rings. The molecule has 98 valence electrons. The van der Waals surface area contributed by atoms with E-state index >= 15 is 0 Å². The minimum absolute atomic E-state index is 0.182. The Morgan fingerprint density at radius 2 is 1.94 bits per heavy atom. The SMILES string of the molecule is Cc1ccc(CN(C)C(=O)C2CNC2)c(C)c1C. The lowest BCUT2D eigenvalue weighted by Crippen LogP contribution is -2.51. The molecule has 1 aliphatic rings. The molecule has 3 heteroatoms. The van der Waals surface area contributed by atoms with Gasteiger partial charge in [-0.05, 0) is 43.0 Å². The first-order valence-electron chi connectivity index (χ1n) is 6.52. The molecule has 0 aliphatic carbocycles. The van der Waals surface area contributed by atoms with E-state index < -0.39 is 0 Å². The van der Waals surface area contributed by atoms with Crippen molar-refractivity contribution in [3.8, 4) is 0 Å². The van der Waals surface area contributed by atoms with Crippen molar-refractivity contribution in [3.63, 3.8) is 0 Å². The van der Waals surface area contributed by atoms with E-state index in [0.717, 1.165) is 13.1 Å². The molecular formula is C15H22N2O. The van der Waals surface area contributed by atoms with Crippen molar-refractivity contribution in [1.82, 2.24) is 10.2 Å². The largest absolute Gasteiger partial charge is 0.341 e. The van der Waals surface area contributed by atoms with Gasteiger partial charge in [0.25, 0.3) is 0 Å². The van der Waals surface area contributed by atoms with Crippen molar-refractivity contribution in [3.05, 3.63) is 34.4 Å². The lowest BCUT2D eigenvalue weighted by atomic mass is 9.97. The van der Waals surface area contributed by atoms with E-state index in [9.17, 15) is 4.79 Å². The molecule has 3 nitrogen and oxygen atoms in total. The van der Waals surface area contributed by atoms with E-state index in [4.69, 9.17) is 0 Å². The average molecular weight is 246 g/mol. The standard InChI is InChI=1S/C15H22N2O/c1-10-5-6-13(12(3)11(10)2)9-17(4)15(18)14-7-16-8-14/h5-6,14,16H,7-9H2,1-4H3. The van der Waals surface area contributed by atoms with Gasteiger partial charge in [0.15, 0.2) is 0 Å². The van der Waals surface area contributed by atoms with Crippen LogP contribution in [0.1, 0.15) is 22.3 Å². The summed E-state index contributed by atoms with van der Waals surface area (Å²) in [5.74, 6) is 0.438. The van der Waals surface area contributed by atoms with Gasteiger partial charge in [0, 0.05) is 26.7 Å². The van der Waals surface area contributed by atoms with Gasteiger partial charge in [-0.1, -0.05) is 12.1 Å². The Bertz CT molecular complexity index is 464. The Labute approximate surface area is 109 Å². The van der Waals surface area contributed by atoms with Gasteiger partial charge in [0.05, 0.1) is 5.92 Å². The zero-order chi connectivity index (χ0) is 13.3. The number of carbonyl (C=O) groups is 1. The van der Waals surface area contributed by atoms with Crippen LogP contribution < -0.4 is 5.32 Å². The van der Waals surface area contributed by atoms with Gasteiger partial charge in [-0.25, -0.2) is 0 Å². The fourth-order valence-electron chi connectivity index (χ4n) is 2.29. The van der Waals surface area contributed by atoms with E-state index in [2.05, 4.69) is 38.2 Å². The first-order valence-corrected chi connectivity index (χ1v) is 6.52. The van der Waals surface area contributed by atoms with Gasteiger partial charge in [-0.2, -0.15) is 0 Å². The molecule has 0 unspecified atom stereocenters. The highest BCUT2D eigenvalue weighted by atomic mass is 16.2. The van der Waals surface area contributed by atoms with Crippen molar-refractivity contribution < 1.29 is 4.79 Å². The zero-order valence-corrected chi connectivity index (χ0v) is 11.7. The Morgan fingerprint density at radius 1 is 1.28 bits per heavy atom. The summed E-state index contributed by atoms with van der Waals surface area (Å²) in [6.45, 7) is 8.78. The molecule has 1 saturated heterocycles. The van der Waals surface area contributed by atoms with Gasteiger partial charge in [0.2, 0.25) is 5.91 Å². The number of nitrogens with one attached hydrogen (secondary N) is 1. The first-order chi connectivity index (χ1) is 8.50. The highest BCUT2D eigenvalue weighted by Crippen LogP contribution is 2.19. The summed E-state index contributed by atoms with van der Waals surface area (Å²) in [7, 11) is 1.90. The zero-order valence-electron chi connectivity index (χ0n) is 11.7. The Hall–Kier alpha value is -1.35. The third kappa shape index (κ3) is 2.41. The number of carbonyl (C=O) groups excluding carboxylic acids is 1. The molecule has 0 radical (unpaired) electrons. The summed E-state index contributed by atoms with van der Waals surface area (Å²) in [5.41, 5.74) is 5.20. The number of nitrogens with zero attached hydrogens (tertiary/aromatic N) is 1. The summed E-state index contributed by atoms with van der Waals surface area (Å²) in [5, 5.41) is 3.14. The van der Waals surface area contributed by atoms with Gasteiger partial charge in [-0.15, -0.1) is 0 Å². The summed E-state index contributed by atoms with van der Waals surface area (Å²) in [6.07, 6.45) is 0. The van der Waals surface area contributed by atoms with E-state index in [1.54, 1.807) is 0 Å². The second-order valence-electron chi connectivity index (χ2n) is 5.34. The maximum absolute atomic E-state index is 12.1. The lowest BCUT2D eigenvalue weighted by Gasteiger charge is -2.30. The van der Waals surface area contributed by atoms with Gasteiger partial charge < -0.3 is 10.2 Å². The van der Waals surface area contributed by atoms with Gasteiger partial charge >= 0.3 is 0 Å². The van der Waals surface area contributed by atoms with Crippen molar-refractivity contribution in [2.24, 2.45) is 5.92 Å². The van der Waals surface area contributed by atoms with Crippen LogP contribution in [-0.4, -0.2) is 30.9 Å². The number of hydrogen-bond donors (Lipinski definition) is 1. The molecule has 1 heterocycles. The normalized spacial score (nSPS) is 15.3. The minimum atomic E-state index is 0.182. The molecule has 0 spiro atoms. The molecule has 1 N–H and O–H groups in total. The highest BCUT2D eigenvalue weighted by Gasteiger charge is 2.27. The van der Waals surface area contributed by atoms with Crippen LogP contribution in [0.2, 0.25) is 0 Å². The summed E-state index contributed by atoms with van der Waals surface area (Å²) < 4.78 is 0. The molecule has 2 rings (SSSR count). The maximum Gasteiger partial charge on any atom is 0.228 e. The van der Waals surface area contributed by atoms with Crippen LogP contribution in [0.4, 0.5) is 0 Å². The van der Waals surface area contributed by atoms with Gasteiger partial charge in [-0.3, -0.25) is 4.79 Å². The predicted octanol–water partition coefficient (Wildman–Crippen LogP) is 1.79. The monoisotopic (exact) mass is 246 g/mol. The quantitative estimate of drug-likeness (QED) is 0.882. The van der Waals surface area contributed by atoms with Crippen LogP contribution in [0.5, 0.6) is 0 Å². The van der Waals surface area contributed by atoms with Crippen molar-refractivity contribution in [1.29, 1.82) is 0 Å². The van der Waals surface area contributed by atoms with Crippen LogP contribution >= 0.6 is 0 Å². The molecule has 0 saturated carbocycles. The number of benzene rings is 1. The average Bonchev–Trinajstić information content (AvgIpc) is 2.27. The molecule has 1 aliphatic heterocycles. The molecule has 0 bridgehead atoms. The second kappa shape index (κ2) is 5.11. The smallest absolute Gasteiger partial charge is 0.228 e. The van der Waals surface area contributed by atoms with Crippen LogP contribution in [-0.2, 0) is 11.3 Å². The van der Waals surface area contributed by atoms with Crippen LogP contribution in [0.15, 0.2) is 12.1 Å². The Kier molecular flexibility index (Phi) is 3.71. The Morgan fingerprint density at radius 3 is 2.50 bits per heavy atom. The molecule has 1 aromatic carbocycles. The topological polar surface area (TPSA) is 32.3 Å². The second-order valence-corrected chi connectivity index (χ2v) is 5.34. The van der Waals surface area contributed by atoms with Gasteiger partial charge in [0.1, 0.15) is 0 Å². The maximum atomic E-state index is 12.1.